The summed E-state index contributed by atoms with van der Waals surface area (Å²) in [5.41, 5.74) is 1.64. The van der Waals surface area contributed by atoms with Gasteiger partial charge < -0.3 is 0 Å². The fourth-order valence-corrected chi connectivity index (χ4v) is 4.86. The fourth-order valence-electron chi connectivity index (χ4n) is 3.16. The predicted octanol–water partition coefficient (Wildman–Crippen LogP) is 2.86. The van der Waals surface area contributed by atoms with Crippen molar-refractivity contribution < 1.29 is 21.8 Å². The minimum atomic E-state index is -3.75. The lowest BCUT2D eigenvalue weighted by atomic mass is 9.98. The van der Waals surface area contributed by atoms with Crippen LogP contribution in [0.5, 0.6) is 0 Å². The molecule has 1 aliphatic rings. The Morgan fingerprint density at radius 3 is 2.45 bits per heavy atom. The highest BCUT2D eigenvalue weighted by molar-refractivity contribution is 7.92. The Balaban J connectivity index is 2.01. The van der Waals surface area contributed by atoms with Crippen LogP contribution in [-0.4, -0.2) is 43.4 Å². The molecule has 0 unspecified atom stereocenters. The van der Waals surface area contributed by atoms with Gasteiger partial charge in [0.05, 0.1) is 28.2 Å². The van der Waals surface area contributed by atoms with Crippen molar-refractivity contribution >= 4 is 37.1 Å². The molecule has 0 radical (unpaired) electrons. The molecular weight excluding hydrogens is 444 g/mol. The third kappa shape index (κ3) is 5.02. The molecule has 12 heteroatoms. The van der Waals surface area contributed by atoms with Gasteiger partial charge in [0.2, 0.25) is 20.0 Å². The van der Waals surface area contributed by atoms with Gasteiger partial charge in [-0.1, -0.05) is 24.3 Å². The zero-order chi connectivity index (χ0) is 22.8. The highest BCUT2D eigenvalue weighted by Crippen LogP contribution is 2.36. The van der Waals surface area contributed by atoms with Crippen molar-refractivity contribution in [2.24, 2.45) is 5.10 Å². The number of hydrogen-bond donors (Lipinski definition) is 1. The monoisotopic (exact) mass is 466 g/mol. The highest BCUT2D eigenvalue weighted by Gasteiger charge is 2.36. The van der Waals surface area contributed by atoms with Crippen LogP contribution in [0.2, 0.25) is 0 Å². The van der Waals surface area contributed by atoms with Gasteiger partial charge in [-0.05, 0) is 37.1 Å². The molecule has 0 spiro atoms. The normalized spacial score (nSPS) is 16.8. The lowest BCUT2D eigenvalue weighted by Crippen LogP contribution is -2.28. The topological polar surface area (TPSA) is 139 Å². The van der Waals surface area contributed by atoms with Gasteiger partial charge >= 0.3 is 0 Å². The average molecular weight is 467 g/mol. The van der Waals surface area contributed by atoms with Crippen LogP contribution in [0.1, 0.15) is 37.4 Å². The van der Waals surface area contributed by atoms with Gasteiger partial charge in [0.25, 0.3) is 5.69 Å². The van der Waals surface area contributed by atoms with E-state index in [1.165, 1.54) is 32.0 Å². The van der Waals surface area contributed by atoms with E-state index in [1.807, 2.05) is 0 Å². The number of nitro benzene ring substituents is 1. The van der Waals surface area contributed by atoms with Crippen molar-refractivity contribution in [3.8, 4) is 0 Å². The fraction of sp³-hybridized carbons (Fsp3) is 0.316. The van der Waals surface area contributed by atoms with E-state index in [2.05, 4.69) is 9.82 Å². The standard InChI is InChI=1S/C19H22N4O6S2/c1-3-30(26,27)21-16-9-5-7-14(11-16)18-13-19(22(20-18)31(28,29)4-2)15-8-6-10-17(12-15)23(24)25/h5-12,19,21H,3-4,13H2,1-2H3/t19-/m1/s1. The molecule has 31 heavy (non-hydrogen) atoms. The maximum Gasteiger partial charge on any atom is 0.269 e. The van der Waals surface area contributed by atoms with Gasteiger partial charge in [-0.25, -0.2) is 16.8 Å². The van der Waals surface area contributed by atoms with Gasteiger partial charge in [-0.3, -0.25) is 14.8 Å². The zero-order valence-electron chi connectivity index (χ0n) is 16.9. The third-order valence-electron chi connectivity index (χ3n) is 4.84. The summed E-state index contributed by atoms with van der Waals surface area (Å²) < 4.78 is 52.5. The molecule has 0 bridgehead atoms. The van der Waals surface area contributed by atoms with Crippen LogP contribution in [0.15, 0.2) is 53.6 Å². The molecule has 166 valence electrons. The van der Waals surface area contributed by atoms with Crippen LogP contribution in [-0.2, 0) is 20.0 Å². The van der Waals surface area contributed by atoms with Crippen molar-refractivity contribution in [1.82, 2.24) is 4.41 Å². The number of hydrazone groups is 1. The number of nitrogens with one attached hydrogen (secondary N) is 1. The summed E-state index contributed by atoms with van der Waals surface area (Å²) in [5.74, 6) is -0.277. The van der Waals surface area contributed by atoms with Crippen molar-refractivity contribution in [3.05, 3.63) is 69.8 Å². The lowest BCUT2D eigenvalue weighted by Gasteiger charge is -2.22. The molecule has 0 saturated carbocycles. The number of anilines is 1. The molecule has 1 N–H and O–H groups in total. The molecule has 3 rings (SSSR count). The Morgan fingerprint density at radius 2 is 1.81 bits per heavy atom. The lowest BCUT2D eigenvalue weighted by molar-refractivity contribution is -0.384. The first-order valence-corrected chi connectivity index (χ1v) is 12.8. The zero-order valence-corrected chi connectivity index (χ0v) is 18.6. The number of non-ortho nitro benzene ring substituents is 1. The van der Waals surface area contributed by atoms with E-state index in [-0.39, 0.29) is 23.6 Å². The number of nitro groups is 1. The first kappa shape index (κ1) is 22.7. The summed E-state index contributed by atoms with van der Waals surface area (Å²) in [7, 11) is -7.23. The van der Waals surface area contributed by atoms with E-state index in [9.17, 15) is 26.9 Å². The molecule has 0 aromatic heterocycles. The second-order valence-electron chi connectivity index (χ2n) is 6.88. The predicted molar refractivity (Wildman–Crippen MR) is 118 cm³/mol. The molecule has 2 aromatic rings. The van der Waals surface area contributed by atoms with E-state index >= 15 is 0 Å². The number of benzene rings is 2. The smallest absolute Gasteiger partial charge is 0.269 e. The van der Waals surface area contributed by atoms with Crippen molar-refractivity contribution in [2.75, 3.05) is 16.2 Å². The quantitative estimate of drug-likeness (QED) is 0.469. The van der Waals surface area contributed by atoms with Crippen molar-refractivity contribution in [3.63, 3.8) is 0 Å². The third-order valence-corrected chi connectivity index (χ3v) is 7.78. The number of hydrogen-bond acceptors (Lipinski definition) is 7. The number of rotatable bonds is 8. The maximum absolute atomic E-state index is 12.7. The van der Waals surface area contributed by atoms with Crippen molar-refractivity contribution in [1.29, 1.82) is 0 Å². The first-order valence-electron chi connectivity index (χ1n) is 9.51. The summed E-state index contributed by atoms with van der Waals surface area (Å²) in [5, 5.41) is 15.5. The van der Waals surface area contributed by atoms with Gasteiger partial charge in [0.15, 0.2) is 0 Å². The minimum absolute atomic E-state index is 0.0877. The second kappa shape index (κ2) is 8.63. The highest BCUT2D eigenvalue weighted by atomic mass is 32.2. The second-order valence-corrected chi connectivity index (χ2v) is 11.0. The molecule has 1 heterocycles. The molecule has 0 saturated heterocycles. The summed E-state index contributed by atoms with van der Waals surface area (Å²) in [6.45, 7) is 3.01. The molecule has 2 aromatic carbocycles. The molecular formula is C19H22N4O6S2. The van der Waals surface area contributed by atoms with Gasteiger partial charge in [-0.15, -0.1) is 0 Å². The Labute approximate surface area is 180 Å². The van der Waals surface area contributed by atoms with Crippen LogP contribution in [0.25, 0.3) is 0 Å². The summed E-state index contributed by atoms with van der Waals surface area (Å²) in [6.07, 6.45) is 0.185. The van der Waals surface area contributed by atoms with E-state index in [1.54, 1.807) is 30.3 Å². The Kier molecular flexibility index (Phi) is 6.32. The van der Waals surface area contributed by atoms with Crippen LogP contribution >= 0.6 is 0 Å². The molecule has 10 nitrogen and oxygen atoms in total. The molecule has 1 aliphatic heterocycles. The molecule has 0 fully saturated rings. The molecule has 1 atom stereocenters. The summed E-state index contributed by atoms with van der Waals surface area (Å²) in [4.78, 5) is 10.6. The average Bonchev–Trinajstić information content (AvgIpc) is 3.20. The molecule has 0 amide bonds. The largest absolute Gasteiger partial charge is 0.284 e. The SMILES string of the molecule is CCS(=O)(=O)Nc1cccc(C2=NN(S(=O)(=O)CC)[C@@H](c3cccc([N+](=O)[O-])c3)C2)c1. The first-order chi connectivity index (χ1) is 14.6. The van der Waals surface area contributed by atoms with E-state index < -0.39 is 31.0 Å². The van der Waals surface area contributed by atoms with Gasteiger partial charge in [0.1, 0.15) is 0 Å². The Bertz CT molecular complexity index is 1240. The summed E-state index contributed by atoms with van der Waals surface area (Å²) >= 11 is 0. The Hall–Kier alpha value is -2.99. The molecule has 0 aliphatic carbocycles. The Morgan fingerprint density at radius 1 is 1.10 bits per heavy atom. The van der Waals surface area contributed by atoms with Gasteiger partial charge in [0, 0.05) is 24.2 Å². The van der Waals surface area contributed by atoms with Crippen LogP contribution < -0.4 is 4.72 Å². The maximum atomic E-state index is 12.7. The van der Waals surface area contributed by atoms with E-state index in [4.69, 9.17) is 0 Å². The van der Waals surface area contributed by atoms with E-state index in [0.717, 1.165) is 4.41 Å². The summed E-state index contributed by atoms with van der Waals surface area (Å²) in [6, 6.07) is 11.6. The van der Waals surface area contributed by atoms with Crippen molar-refractivity contribution in [2.45, 2.75) is 26.3 Å². The van der Waals surface area contributed by atoms with E-state index in [0.29, 0.717) is 22.5 Å². The minimum Gasteiger partial charge on any atom is -0.284 e. The van der Waals surface area contributed by atoms with Crippen LogP contribution in [0.4, 0.5) is 11.4 Å². The number of nitrogens with zero attached hydrogens (tertiary/aromatic N) is 3. The van der Waals surface area contributed by atoms with Gasteiger partial charge in [-0.2, -0.15) is 9.52 Å². The number of sulfonamides is 2. The van der Waals surface area contributed by atoms with Crippen LogP contribution in [0, 0.1) is 10.1 Å². The van der Waals surface area contributed by atoms with Crippen LogP contribution in [0.3, 0.4) is 0 Å².